The number of likely N-dealkylation sites (tertiary alicyclic amines) is 1. The van der Waals surface area contributed by atoms with Gasteiger partial charge in [0.15, 0.2) is 11.6 Å². The number of alkyl halides is 3. The summed E-state index contributed by atoms with van der Waals surface area (Å²) in [5, 5.41) is 9.53. The number of rotatable bonds is 5. The Labute approximate surface area is 159 Å². The predicted molar refractivity (Wildman–Crippen MR) is 93.6 cm³/mol. The Kier molecular flexibility index (Phi) is 5.60. The van der Waals surface area contributed by atoms with Crippen LogP contribution in [-0.2, 0) is 11.0 Å². The lowest BCUT2D eigenvalue weighted by Crippen LogP contribution is -2.39. The third-order valence-electron chi connectivity index (χ3n) is 4.93. The number of nitrogens with zero attached hydrogens (tertiary/aromatic N) is 1. The third kappa shape index (κ3) is 3.96. The predicted octanol–water partition coefficient (Wildman–Crippen LogP) is 4.49. The second kappa shape index (κ2) is 7.79. The quantitative estimate of drug-likeness (QED) is 0.756. The molecule has 1 aliphatic heterocycles. The van der Waals surface area contributed by atoms with Crippen LogP contribution in [-0.4, -0.2) is 35.7 Å². The number of halogens is 4. The van der Waals surface area contributed by atoms with Crippen molar-refractivity contribution in [1.29, 1.82) is 0 Å². The minimum atomic E-state index is -4.54. The molecule has 8 heteroatoms. The van der Waals surface area contributed by atoms with Crippen molar-refractivity contribution in [3.8, 4) is 5.75 Å². The molecule has 3 rings (SSSR count). The number of benzene rings is 2. The number of carbonyl (C=O) groups is 1. The van der Waals surface area contributed by atoms with Gasteiger partial charge in [0.25, 0.3) is 0 Å². The van der Waals surface area contributed by atoms with Gasteiger partial charge in [-0.05, 0) is 48.2 Å². The van der Waals surface area contributed by atoms with Gasteiger partial charge in [0.2, 0.25) is 0 Å². The summed E-state index contributed by atoms with van der Waals surface area (Å²) in [6.07, 6.45) is -3.57. The summed E-state index contributed by atoms with van der Waals surface area (Å²) < 4.78 is 58.8. The first-order valence-electron chi connectivity index (χ1n) is 8.71. The fourth-order valence-corrected chi connectivity index (χ4v) is 3.68. The topological polar surface area (TPSA) is 49.8 Å². The van der Waals surface area contributed by atoms with Crippen molar-refractivity contribution < 1.29 is 32.2 Å². The molecule has 1 heterocycles. The summed E-state index contributed by atoms with van der Waals surface area (Å²) in [5.41, 5.74) is -0.214. The molecule has 1 N–H and O–H groups in total. The molecule has 0 amide bonds. The van der Waals surface area contributed by atoms with Crippen molar-refractivity contribution in [1.82, 2.24) is 4.90 Å². The number of carboxylic acids is 1. The van der Waals surface area contributed by atoms with E-state index in [0.717, 1.165) is 12.1 Å². The smallest absolute Gasteiger partial charge is 0.416 e. The highest BCUT2D eigenvalue weighted by molar-refractivity contribution is 5.74. The zero-order chi connectivity index (χ0) is 20.5. The van der Waals surface area contributed by atoms with Crippen molar-refractivity contribution in [3.05, 3.63) is 65.0 Å². The molecule has 2 aromatic carbocycles. The van der Waals surface area contributed by atoms with Gasteiger partial charge in [0.05, 0.1) is 18.7 Å². The molecule has 28 heavy (non-hydrogen) atoms. The molecule has 150 valence electrons. The average Bonchev–Trinajstić information content (AvgIpc) is 3.11. The molecule has 2 unspecified atom stereocenters. The highest BCUT2D eigenvalue weighted by atomic mass is 19.4. The molecule has 4 nitrogen and oxygen atoms in total. The Hall–Kier alpha value is -2.61. The second-order valence-electron chi connectivity index (χ2n) is 6.65. The van der Waals surface area contributed by atoms with Crippen molar-refractivity contribution in [2.45, 2.75) is 31.1 Å². The molecule has 0 spiro atoms. The first kappa shape index (κ1) is 20.1. The van der Waals surface area contributed by atoms with Crippen LogP contribution in [0.1, 0.15) is 35.6 Å². The highest BCUT2D eigenvalue weighted by Gasteiger charge is 2.38. The number of hydrogen-bond acceptors (Lipinski definition) is 3. The molecule has 1 saturated heterocycles. The molecule has 1 aliphatic rings. The van der Waals surface area contributed by atoms with E-state index in [0.29, 0.717) is 24.9 Å². The van der Waals surface area contributed by atoms with Crippen molar-refractivity contribution in [2.75, 3.05) is 13.7 Å². The lowest BCUT2D eigenvalue weighted by atomic mass is 9.94. The standard InChI is InChI=1S/C20H19F4NO3/c1-28-17-8-7-13(11-15(17)21)18(25-9-3-6-16(25)19(26)27)12-4-2-5-14(10-12)20(22,23)24/h2,4-5,7-8,10-11,16,18H,3,6,9H2,1H3,(H,26,27). The zero-order valence-electron chi connectivity index (χ0n) is 15.0. The van der Waals surface area contributed by atoms with Crippen LogP contribution >= 0.6 is 0 Å². The summed E-state index contributed by atoms with van der Waals surface area (Å²) in [4.78, 5) is 13.3. The lowest BCUT2D eigenvalue weighted by Gasteiger charge is -2.32. The molecule has 0 aromatic heterocycles. The monoisotopic (exact) mass is 397 g/mol. The molecule has 0 aliphatic carbocycles. The van der Waals surface area contributed by atoms with Gasteiger partial charge >= 0.3 is 12.1 Å². The van der Waals surface area contributed by atoms with Crippen LogP contribution in [0.5, 0.6) is 5.75 Å². The van der Waals surface area contributed by atoms with Crippen molar-refractivity contribution in [2.24, 2.45) is 0 Å². The van der Waals surface area contributed by atoms with Gasteiger partial charge in [-0.1, -0.05) is 18.2 Å². The van der Waals surface area contributed by atoms with E-state index in [1.54, 1.807) is 11.0 Å². The van der Waals surface area contributed by atoms with Crippen LogP contribution in [0.2, 0.25) is 0 Å². The number of hydrogen-bond donors (Lipinski definition) is 1. The van der Waals surface area contributed by atoms with E-state index < -0.39 is 35.6 Å². The fraction of sp³-hybridized carbons (Fsp3) is 0.350. The van der Waals surface area contributed by atoms with Gasteiger partial charge in [0, 0.05) is 6.54 Å². The highest BCUT2D eigenvalue weighted by Crippen LogP contribution is 2.38. The first-order chi connectivity index (χ1) is 13.2. The molecule has 2 aromatic rings. The minimum absolute atomic E-state index is 0.00255. The average molecular weight is 397 g/mol. The van der Waals surface area contributed by atoms with Crippen molar-refractivity contribution in [3.63, 3.8) is 0 Å². The number of aliphatic carboxylic acids is 1. The van der Waals surface area contributed by atoms with Gasteiger partial charge in [-0.3, -0.25) is 9.69 Å². The summed E-state index contributed by atoms with van der Waals surface area (Å²) >= 11 is 0. The summed E-state index contributed by atoms with van der Waals surface area (Å²) in [7, 11) is 1.31. The number of carboxylic acid groups (broad SMARTS) is 1. The largest absolute Gasteiger partial charge is 0.494 e. The summed E-state index contributed by atoms with van der Waals surface area (Å²) in [5.74, 6) is -1.71. The van der Waals surface area contributed by atoms with Gasteiger partial charge < -0.3 is 9.84 Å². The van der Waals surface area contributed by atoms with Gasteiger partial charge in [-0.25, -0.2) is 4.39 Å². The van der Waals surface area contributed by atoms with Gasteiger partial charge in [-0.2, -0.15) is 13.2 Å². The van der Waals surface area contributed by atoms with E-state index in [-0.39, 0.29) is 11.3 Å². The van der Waals surface area contributed by atoms with E-state index in [1.165, 1.54) is 31.4 Å². The van der Waals surface area contributed by atoms with Crippen LogP contribution in [0.25, 0.3) is 0 Å². The Morgan fingerprint density at radius 2 is 1.93 bits per heavy atom. The molecule has 1 fully saturated rings. The maximum Gasteiger partial charge on any atom is 0.416 e. The second-order valence-corrected chi connectivity index (χ2v) is 6.65. The van der Waals surface area contributed by atoms with Gasteiger partial charge in [-0.15, -0.1) is 0 Å². The van der Waals surface area contributed by atoms with Crippen LogP contribution in [0.15, 0.2) is 42.5 Å². The van der Waals surface area contributed by atoms with E-state index >= 15 is 0 Å². The summed E-state index contributed by atoms with van der Waals surface area (Å²) in [6.45, 7) is 0.380. The minimum Gasteiger partial charge on any atom is -0.494 e. The van der Waals surface area contributed by atoms with Crippen molar-refractivity contribution >= 4 is 5.97 Å². The van der Waals surface area contributed by atoms with Crippen LogP contribution in [0.4, 0.5) is 17.6 Å². The van der Waals surface area contributed by atoms with E-state index in [2.05, 4.69) is 0 Å². The molecule has 2 atom stereocenters. The number of methoxy groups -OCH3 is 1. The normalized spacial score (nSPS) is 18.8. The van der Waals surface area contributed by atoms with Crippen LogP contribution in [0, 0.1) is 5.82 Å². The molecule has 0 saturated carbocycles. The lowest BCUT2D eigenvalue weighted by molar-refractivity contribution is -0.143. The summed E-state index contributed by atoms with van der Waals surface area (Å²) in [6, 6.07) is 7.15. The Morgan fingerprint density at radius 1 is 1.21 bits per heavy atom. The van der Waals surface area contributed by atoms with Crippen LogP contribution < -0.4 is 4.74 Å². The van der Waals surface area contributed by atoms with E-state index in [4.69, 9.17) is 4.74 Å². The molecule has 0 radical (unpaired) electrons. The fourth-order valence-electron chi connectivity index (χ4n) is 3.68. The first-order valence-corrected chi connectivity index (χ1v) is 8.71. The molecule has 0 bridgehead atoms. The Bertz CT molecular complexity index is 869. The van der Waals surface area contributed by atoms with E-state index in [9.17, 15) is 27.5 Å². The maximum atomic E-state index is 14.3. The zero-order valence-corrected chi connectivity index (χ0v) is 15.0. The molecular weight excluding hydrogens is 378 g/mol. The Balaban J connectivity index is 2.12. The van der Waals surface area contributed by atoms with Gasteiger partial charge in [0.1, 0.15) is 6.04 Å². The van der Waals surface area contributed by atoms with E-state index in [1.807, 2.05) is 0 Å². The molecular formula is C20H19F4NO3. The SMILES string of the molecule is COc1ccc(C(c2cccc(C(F)(F)F)c2)N2CCCC2C(=O)O)cc1F. The number of ether oxygens (including phenoxy) is 1. The maximum absolute atomic E-state index is 14.3. The van der Waals surface area contributed by atoms with Crippen LogP contribution in [0.3, 0.4) is 0 Å². The Morgan fingerprint density at radius 3 is 2.54 bits per heavy atom. The third-order valence-corrected chi connectivity index (χ3v) is 4.93.